The van der Waals surface area contributed by atoms with Gasteiger partial charge in [-0.2, -0.15) is 8.42 Å². The lowest BCUT2D eigenvalue weighted by molar-refractivity contribution is 0.159. The summed E-state index contributed by atoms with van der Waals surface area (Å²) in [5, 5.41) is 0. The van der Waals surface area contributed by atoms with Gasteiger partial charge < -0.3 is 13.7 Å². The SMILES string of the molecule is COc1ccc2c(c1)CCN1Cc3c(ccc(OC)c3OS(=O)(=O)c3cccc(C)c3)C[C@@H]21. The van der Waals surface area contributed by atoms with Crippen molar-refractivity contribution in [2.24, 2.45) is 0 Å². The van der Waals surface area contributed by atoms with Crippen molar-refractivity contribution >= 4 is 10.1 Å². The van der Waals surface area contributed by atoms with Crippen LogP contribution in [0.15, 0.2) is 59.5 Å². The van der Waals surface area contributed by atoms with Crippen LogP contribution in [0.1, 0.15) is 33.9 Å². The molecular formula is C26H27NO5S. The second kappa shape index (κ2) is 8.39. The summed E-state index contributed by atoms with van der Waals surface area (Å²) < 4.78 is 42.9. The summed E-state index contributed by atoms with van der Waals surface area (Å²) in [6.45, 7) is 3.33. The van der Waals surface area contributed by atoms with E-state index in [2.05, 4.69) is 17.0 Å². The van der Waals surface area contributed by atoms with Crippen LogP contribution < -0.4 is 13.7 Å². The van der Waals surface area contributed by atoms with Crippen molar-refractivity contribution in [2.75, 3.05) is 20.8 Å². The summed E-state index contributed by atoms with van der Waals surface area (Å²) in [6.07, 6.45) is 1.69. The summed E-state index contributed by atoms with van der Waals surface area (Å²) in [4.78, 5) is 2.53. The zero-order valence-electron chi connectivity index (χ0n) is 19.0. The Balaban J connectivity index is 1.53. The lowest BCUT2D eigenvalue weighted by Crippen LogP contribution is -2.39. The quantitative estimate of drug-likeness (QED) is 0.519. The van der Waals surface area contributed by atoms with Gasteiger partial charge in [-0.25, -0.2) is 0 Å². The fourth-order valence-electron chi connectivity index (χ4n) is 4.90. The van der Waals surface area contributed by atoms with Crippen LogP contribution in [0.4, 0.5) is 0 Å². The summed E-state index contributed by atoms with van der Waals surface area (Å²) in [5.41, 5.74) is 5.42. The number of nitrogens with zero attached hydrogens (tertiary/aromatic N) is 1. The Morgan fingerprint density at radius 3 is 2.58 bits per heavy atom. The first-order valence-corrected chi connectivity index (χ1v) is 12.4. The van der Waals surface area contributed by atoms with Crippen LogP contribution in [0.3, 0.4) is 0 Å². The minimum Gasteiger partial charge on any atom is -0.497 e. The topological polar surface area (TPSA) is 65.1 Å². The van der Waals surface area contributed by atoms with Crippen molar-refractivity contribution in [1.29, 1.82) is 0 Å². The van der Waals surface area contributed by atoms with Gasteiger partial charge in [0.1, 0.15) is 10.6 Å². The number of hydrogen-bond donors (Lipinski definition) is 0. The lowest BCUT2D eigenvalue weighted by Gasteiger charge is -2.42. The standard InChI is InChI=1S/C26H27NO5S/c1-17-5-4-6-21(13-17)33(28,29)32-26-23-16-27-12-11-19-14-20(30-2)8-9-22(19)24(27)15-18(23)7-10-25(26)31-3/h4-10,13-14,24H,11-12,15-16H2,1-3H3/t24-/m0/s1. The third-order valence-corrected chi connectivity index (χ3v) is 7.82. The predicted molar refractivity (Wildman–Crippen MR) is 126 cm³/mol. The Hall–Kier alpha value is -3.03. The lowest BCUT2D eigenvalue weighted by atomic mass is 9.83. The highest BCUT2D eigenvalue weighted by atomic mass is 32.2. The molecule has 0 amide bonds. The third kappa shape index (κ3) is 3.96. The number of ether oxygens (including phenoxy) is 2. The van der Waals surface area contributed by atoms with E-state index in [1.165, 1.54) is 18.2 Å². The molecule has 6 nitrogen and oxygen atoms in total. The van der Waals surface area contributed by atoms with Crippen LogP contribution in [0, 0.1) is 6.92 Å². The van der Waals surface area contributed by atoms with Crippen molar-refractivity contribution in [1.82, 2.24) is 4.90 Å². The Kier molecular flexibility index (Phi) is 5.54. The van der Waals surface area contributed by atoms with Crippen LogP contribution in [0.5, 0.6) is 17.2 Å². The van der Waals surface area contributed by atoms with E-state index in [1.54, 1.807) is 31.4 Å². The molecule has 1 atom stereocenters. The molecule has 0 saturated heterocycles. The molecule has 33 heavy (non-hydrogen) atoms. The molecule has 0 saturated carbocycles. The number of fused-ring (bicyclic) bond motifs is 4. The Morgan fingerprint density at radius 1 is 0.970 bits per heavy atom. The molecule has 0 N–H and O–H groups in total. The number of rotatable bonds is 5. The van der Waals surface area contributed by atoms with E-state index >= 15 is 0 Å². The first-order chi connectivity index (χ1) is 15.9. The van der Waals surface area contributed by atoms with Crippen LogP contribution >= 0.6 is 0 Å². The number of aryl methyl sites for hydroxylation is 1. The largest absolute Gasteiger partial charge is 0.497 e. The summed E-state index contributed by atoms with van der Waals surface area (Å²) >= 11 is 0. The highest BCUT2D eigenvalue weighted by molar-refractivity contribution is 7.87. The van der Waals surface area contributed by atoms with Crippen LogP contribution in [-0.4, -0.2) is 34.1 Å². The van der Waals surface area contributed by atoms with Crippen molar-refractivity contribution < 1.29 is 22.1 Å². The minimum absolute atomic E-state index is 0.136. The number of benzene rings is 3. The molecule has 0 unspecified atom stereocenters. The molecule has 7 heteroatoms. The van der Waals surface area contributed by atoms with Gasteiger partial charge in [0.25, 0.3) is 0 Å². The normalized spacial score (nSPS) is 17.5. The second-order valence-electron chi connectivity index (χ2n) is 8.59. The van der Waals surface area contributed by atoms with E-state index in [1.807, 2.05) is 25.1 Å². The first kappa shape index (κ1) is 21.8. The molecule has 5 rings (SSSR count). The zero-order chi connectivity index (χ0) is 23.2. The molecular weight excluding hydrogens is 438 g/mol. The van der Waals surface area contributed by atoms with Crippen molar-refractivity contribution in [3.8, 4) is 17.2 Å². The van der Waals surface area contributed by atoms with Crippen LogP contribution in [-0.2, 0) is 29.5 Å². The van der Waals surface area contributed by atoms with Gasteiger partial charge in [0.15, 0.2) is 11.5 Å². The van der Waals surface area contributed by atoms with Gasteiger partial charge in [-0.05, 0) is 72.4 Å². The Bertz CT molecular complexity index is 1320. The van der Waals surface area contributed by atoms with Gasteiger partial charge in [0, 0.05) is 24.7 Å². The molecule has 3 aromatic carbocycles. The van der Waals surface area contributed by atoms with Crippen molar-refractivity contribution in [3.05, 3.63) is 82.4 Å². The maximum absolute atomic E-state index is 13.1. The molecule has 2 aliphatic rings. The average Bonchev–Trinajstić information content (AvgIpc) is 2.82. The van der Waals surface area contributed by atoms with Crippen molar-refractivity contribution in [3.63, 3.8) is 0 Å². The summed E-state index contributed by atoms with van der Waals surface area (Å²) in [6, 6.07) is 17.1. The number of hydrogen-bond acceptors (Lipinski definition) is 6. The van der Waals surface area contributed by atoms with Crippen molar-refractivity contribution in [2.45, 2.75) is 37.2 Å². The highest BCUT2D eigenvalue weighted by Crippen LogP contribution is 2.45. The average molecular weight is 466 g/mol. The maximum atomic E-state index is 13.1. The van der Waals surface area contributed by atoms with Crippen LogP contribution in [0.2, 0.25) is 0 Å². The molecule has 172 valence electrons. The van der Waals surface area contributed by atoms with E-state index in [0.717, 1.165) is 41.8 Å². The molecule has 0 radical (unpaired) electrons. The highest BCUT2D eigenvalue weighted by Gasteiger charge is 2.35. The Morgan fingerprint density at radius 2 is 1.82 bits per heavy atom. The first-order valence-electron chi connectivity index (χ1n) is 11.0. The van der Waals surface area contributed by atoms with Gasteiger partial charge in [0.05, 0.1) is 14.2 Å². The Labute approximate surface area is 194 Å². The smallest absolute Gasteiger partial charge is 0.339 e. The molecule has 2 heterocycles. The second-order valence-corrected chi connectivity index (χ2v) is 10.1. The molecule has 0 aromatic heterocycles. The fraction of sp³-hybridized carbons (Fsp3) is 0.308. The zero-order valence-corrected chi connectivity index (χ0v) is 19.8. The van der Waals surface area contributed by atoms with E-state index in [0.29, 0.717) is 12.3 Å². The molecule has 0 aliphatic carbocycles. The fourth-order valence-corrected chi connectivity index (χ4v) is 5.97. The van der Waals surface area contributed by atoms with E-state index in [-0.39, 0.29) is 16.7 Å². The maximum Gasteiger partial charge on any atom is 0.339 e. The molecule has 2 aliphatic heterocycles. The molecule has 0 spiro atoms. The van der Waals surface area contributed by atoms with E-state index < -0.39 is 10.1 Å². The molecule has 0 fully saturated rings. The van der Waals surface area contributed by atoms with Gasteiger partial charge in [-0.1, -0.05) is 24.3 Å². The number of methoxy groups -OCH3 is 2. The van der Waals surface area contributed by atoms with Crippen LogP contribution in [0.25, 0.3) is 0 Å². The minimum atomic E-state index is -4.00. The molecule has 3 aromatic rings. The summed E-state index contributed by atoms with van der Waals surface area (Å²) in [7, 11) is -0.780. The van der Waals surface area contributed by atoms with E-state index in [9.17, 15) is 8.42 Å². The van der Waals surface area contributed by atoms with Gasteiger partial charge >= 0.3 is 10.1 Å². The van der Waals surface area contributed by atoms with E-state index in [4.69, 9.17) is 13.7 Å². The molecule has 0 bridgehead atoms. The van der Waals surface area contributed by atoms with Gasteiger partial charge in [-0.3, -0.25) is 4.90 Å². The monoisotopic (exact) mass is 465 g/mol. The van der Waals surface area contributed by atoms with Gasteiger partial charge in [-0.15, -0.1) is 0 Å². The predicted octanol–water partition coefficient (Wildman–Crippen LogP) is 4.44. The summed E-state index contributed by atoms with van der Waals surface area (Å²) in [5.74, 6) is 1.58. The van der Waals surface area contributed by atoms with Gasteiger partial charge in [0.2, 0.25) is 0 Å². The third-order valence-electron chi connectivity index (χ3n) is 6.61.